The molecule has 6 nitrogen and oxygen atoms in total. The third-order valence-corrected chi connectivity index (χ3v) is 26.8. The van der Waals surface area contributed by atoms with Crippen molar-refractivity contribution < 1.29 is 0 Å². The van der Waals surface area contributed by atoms with Crippen molar-refractivity contribution >= 4 is 80.7 Å². The lowest BCUT2D eigenvalue weighted by Gasteiger charge is -2.34. The van der Waals surface area contributed by atoms with E-state index >= 15 is 0 Å². The second-order valence-corrected chi connectivity index (χ2v) is 29.8. The highest BCUT2D eigenvalue weighted by Crippen LogP contribution is 2.34. The molecule has 0 N–H and O–H groups in total. The van der Waals surface area contributed by atoms with Gasteiger partial charge in [-0.25, -0.2) is 24.9 Å². The van der Waals surface area contributed by atoms with E-state index in [9.17, 15) is 0 Å². The molecular weight excluding hydrogens is 1090 g/mol. The molecule has 1 aliphatic rings. The standard InChI is InChI=1S/C79H58N6Si2/c1-8-30-57(31-9-1)76-82-77(59-33-29-47-67(55-59)87(63-40-16-5-17-41-63,64-42-18-6-19-43-64)65-44-20-7-21-45-65)84-79(83-76)71-51-23-22-50-70(71)78-80-72(56-75(81-78)85-73-52-26-24-48-68(73)69-49-25-27-53-74(69)85)58-32-28-46-66(54-58)86(60-34-10-2-11-35-60,61-36-12-3-13-37-61)62-38-14-4-15-39-62/h1-24,26,28-56H,25,27H2. The van der Waals surface area contributed by atoms with Crippen LogP contribution in [0.5, 0.6) is 0 Å². The first kappa shape index (κ1) is 53.0. The van der Waals surface area contributed by atoms with E-state index in [4.69, 9.17) is 24.9 Å². The van der Waals surface area contributed by atoms with Crippen LogP contribution in [0, 0.1) is 0 Å². The number of benzene rings is 11. The molecule has 3 aromatic heterocycles. The van der Waals surface area contributed by atoms with Crippen LogP contribution in [0.4, 0.5) is 0 Å². The molecule has 14 aromatic rings. The summed E-state index contributed by atoms with van der Waals surface area (Å²) in [4.78, 5) is 27.7. The number of hydrogen-bond donors (Lipinski definition) is 0. The molecule has 0 bridgehead atoms. The highest BCUT2D eigenvalue weighted by molar-refractivity contribution is 7.20. The van der Waals surface area contributed by atoms with Gasteiger partial charge in [-0.2, -0.15) is 0 Å². The van der Waals surface area contributed by atoms with Crippen LogP contribution in [0.1, 0.15) is 12.8 Å². The summed E-state index contributed by atoms with van der Waals surface area (Å²) in [6.07, 6.45) is 6.66. The quantitative estimate of drug-likeness (QED) is 0.0802. The largest absolute Gasteiger partial charge is 0.294 e. The van der Waals surface area contributed by atoms with E-state index in [2.05, 4.69) is 314 Å². The second-order valence-electron chi connectivity index (χ2n) is 22.1. The highest BCUT2D eigenvalue weighted by atomic mass is 28.3. The first-order valence-electron chi connectivity index (χ1n) is 29.8. The number of hydrogen-bond acceptors (Lipinski definition) is 5. The van der Waals surface area contributed by atoms with Gasteiger partial charge in [-0.15, -0.1) is 0 Å². The molecule has 0 aliphatic heterocycles. The van der Waals surface area contributed by atoms with Crippen molar-refractivity contribution in [3.63, 3.8) is 0 Å². The Hall–Kier alpha value is -10.8. The Morgan fingerprint density at radius 3 is 1.15 bits per heavy atom. The Labute approximate surface area is 508 Å². The fourth-order valence-corrected chi connectivity index (χ4v) is 23.0. The summed E-state index contributed by atoms with van der Waals surface area (Å²) in [5, 5.41) is 13.8. The van der Waals surface area contributed by atoms with Crippen molar-refractivity contribution in [2.45, 2.75) is 12.8 Å². The van der Waals surface area contributed by atoms with Gasteiger partial charge < -0.3 is 0 Å². The Bertz CT molecular complexity index is 4720. The highest BCUT2D eigenvalue weighted by Gasteiger charge is 2.43. The van der Waals surface area contributed by atoms with Gasteiger partial charge >= 0.3 is 0 Å². The van der Waals surface area contributed by atoms with E-state index in [1.54, 1.807) is 0 Å². The van der Waals surface area contributed by atoms with Crippen molar-refractivity contribution in [1.82, 2.24) is 29.5 Å². The van der Waals surface area contributed by atoms with Crippen LogP contribution in [0.3, 0.4) is 0 Å². The van der Waals surface area contributed by atoms with Crippen molar-refractivity contribution in [1.29, 1.82) is 0 Å². The van der Waals surface area contributed by atoms with Crippen LogP contribution in [-0.4, -0.2) is 45.6 Å². The van der Waals surface area contributed by atoms with Gasteiger partial charge in [-0.1, -0.05) is 315 Å². The maximum absolute atomic E-state index is 5.70. The molecule has 0 amide bonds. The molecule has 1 aliphatic carbocycles. The van der Waals surface area contributed by atoms with Crippen molar-refractivity contribution in [2.75, 3.05) is 0 Å². The van der Waals surface area contributed by atoms with Crippen LogP contribution in [0.15, 0.2) is 315 Å². The van der Waals surface area contributed by atoms with Crippen LogP contribution < -0.4 is 52.1 Å². The van der Waals surface area contributed by atoms with Crippen molar-refractivity contribution in [2.24, 2.45) is 0 Å². The second kappa shape index (κ2) is 23.0. The monoisotopic (exact) mass is 1150 g/mol. The van der Waals surface area contributed by atoms with Gasteiger partial charge in [0, 0.05) is 44.5 Å². The van der Waals surface area contributed by atoms with Gasteiger partial charge in [-0.3, -0.25) is 4.57 Å². The minimum Gasteiger partial charge on any atom is -0.294 e. The van der Waals surface area contributed by atoms with E-state index in [0.29, 0.717) is 23.3 Å². The zero-order valence-electron chi connectivity index (χ0n) is 47.8. The maximum atomic E-state index is 5.70. The summed E-state index contributed by atoms with van der Waals surface area (Å²) in [7, 11) is -5.85. The Morgan fingerprint density at radius 1 is 0.276 bits per heavy atom. The number of aromatic nitrogens is 6. The van der Waals surface area contributed by atoms with E-state index in [-0.39, 0.29) is 0 Å². The Morgan fingerprint density at radius 2 is 0.644 bits per heavy atom. The summed E-state index contributed by atoms with van der Waals surface area (Å²) >= 11 is 0. The summed E-state index contributed by atoms with van der Waals surface area (Å²) in [6.45, 7) is 0. The van der Waals surface area contributed by atoms with Gasteiger partial charge in [-0.05, 0) is 60.4 Å². The lowest BCUT2D eigenvalue weighted by atomic mass is 10.0. The molecule has 0 radical (unpaired) electrons. The Balaban J connectivity index is 0.953. The molecule has 412 valence electrons. The predicted molar refractivity (Wildman–Crippen MR) is 364 cm³/mol. The molecule has 11 aromatic carbocycles. The molecule has 0 saturated heterocycles. The smallest absolute Gasteiger partial charge is 0.179 e. The van der Waals surface area contributed by atoms with Gasteiger partial charge in [0.2, 0.25) is 0 Å². The fourth-order valence-electron chi connectivity index (χ4n) is 13.4. The molecule has 87 heavy (non-hydrogen) atoms. The van der Waals surface area contributed by atoms with E-state index < -0.39 is 16.1 Å². The summed E-state index contributed by atoms with van der Waals surface area (Å²) in [5.74, 6) is 2.99. The summed E-state index contributed by atoms with van der Waals surface area (Å²) in [6, 6.07) is 114. The average molecular weight is 1150 g/mol. The summed E-state index contributed by atoms with van der Waals surface area (Å²) < 4.78 is 2.34. The van der Waals surface area contributed by atoms with Crippen LogP contribution in [0.2, 0.25) is 0 Å². The first-order chi connectivity index (χ1) is 43.1. The van der Waals surface area contributed by atoms with Crippen molar-refractivity contribution in [3.8, 4) is 62.6 Å². The van der Waals surface area contributed by atoms with Crippen molar-refractivity contribution in [3.05, 3.63) is 326 Å². The number of rotatable bonds is 14. The fraction of sp³-hybridized carbons (Fsp3) is 0.0253. The minimum atomic E-state index is -2.93. The molecule has 15 rings (SSSR count). The number of nitrogens with zero attached hydrogens (tertiary/aromatic N) is 6. The van der Waals surface area contributed by atoms with Gasteiger partial charge in [0.1, 0.15) is 5.82 Å². The molecule has 3 heterocycles. The SMILES string of the molecule is C1=c2c(n(-c3cc(-c4cccc([Si](c5ccccc5)(c5ccccc5)c5ccccc5)c4)nc(-c4ccccc4-c4nc(-c5ccccc5)nc(-c5cccc([Si](c6ccccc6)(c6ccccc6)c6ccccc6)c5)n4)n3)c3ccccc23)=CCC1. The van der Waals surface area contributed by atoms with E-state index in [0.717, 1.165) is 63.0 Å². The molecule has 0 spiro atoms. The topological polar surface area (TPSA) is 69.4 Å². The third-order valence-electron chi connectivity index (χ3n) is 17.2. The maximum Gasteiger partial charge on any atom is 0.179 e. The molecule has 0 fully saturated rings. The van der Waals surface area contributed by atoms with E-state index in [1.165, 1.54) is 52.1 Å². The average Bonchev–Trinajstić information content (AvgIpc) is 1.26. The predicted octanol–water partition coefficient (Wildman–Crippen LogP) is 11.1. The normalized spacial score (nSPS) is 12.2. The van der Waals surface area contributed by atoms with Gasteiger partial charge in [0.15, 0.2) is 39.4 Å². The number of fused-ring (bicyclic) bond motifs is 3. The zero-order valence-corrected chi connectivity index (χ0v) is 49.8. The van der Waals surface area contributed by atoms with Gasteiger partial charge in [0.25, 0.3) is 0 Å². The lowest BCUT2D eigenvalue weighted by molar-refractivity contribution is 0.967. The third kappa shape index (κ3) is 9.48. The molecule has 0 unspecified atom stereocenters. The molecule has 0 atom stereocenters. The molecular formula is C79H58N6Si2. The molecule has 8 heteroatoms. The van der Waals surface area contributed by atoms with Gasteiger partial charge in [0.05, 0.1) is 16.6 Å². The van der Waals surface area contributed by atoms with Crippen LogP contribution in [0.25, 0.3) is 85.7 Å². The minimum absolute atomic E-state index is 0.520. The van der Waals surface area contributed by atoms with Crippen LogP contribution >= 0.6 is 0 Å². The summed E-state index contributed by atoms with van der Waals surface area (Å²) in [5.41, 5.74) is 6.25. The number of para-hydroxylation sites is 1. The first-order valence-corrected chi connectivity index (χ1v) is 33.8. The molecule has 0 saturated carbocycles. The van der Waals surface area contributed by atoms with E-state index in [1.807, 2.05) is 18.2 Å². The lowest BCUT2D eigenvalue weighted by Crippen LogP contribution is -2.74. The van der Waals surface area contributed by atoms with Crippen LogP contribution in [-0.2, 0) is 0 Å². The zero-order chi connectivity index (χ0) is 58.0. The Kier molecular flexibility index (Phi) is 14.0.